The van der Waals surface area contributed by atoms with Crippen LogP contribution in [0, 0.1) is 5.41 Å². The van der Waals surface area contributed by atoms with E-state index in [9.17, 15) is 26.3 Å². The van der Waals surface area contributed by atoms with Gasteiger partial charge in [-0.15, -0.1) is 0 Å². The van der Waals surface area contributed by atoms with E-state index in [-0.39, 0.29) is 34.5 Å². The second-order valence-corrected chi connectivity index (χ2v) is 8.21. The Balaban J connectivity index is 2.02. The Hall–Kier alpha value is -3.51. The van der Waals surface area contributed by atoms with E-state index < -0.39 is 23.6 Å². The van der Waals surface area contributed by atoms with E-state index in [1.165, 1.54) is 6.07 Å². The molecule has 0 saturated heterocycles. The highest BCUT2D eigenvalue weighted by molar-refractivity contribution is 5.59. The summed E-state index contributed by atoms with van der Waals surface area (Å²) in [5, 5.41) is 5.55. The van der Waals surface area contributed by atoms with Crippen molar-refractivity contribution in [1.29, 1.82) is 0 Å². The fraction of sp³-hybridized carbons (Fsp3) is 0.350. The van der Waals surface area contributed by atoms with Gasteiger partial charge in [0.15, 0.2) is 5.82 Å². The lowest BCUT2D eigenvalue weighted by Gasteiger charge is -2.19. The smallest absolute Gasteiger partial charge is 0.354 e. The summed E-state index contributed by atoms with van der Waals surface area (Å²) in [6.45, 7) is 6.20. The fourth-order valence-electron chi connectivity index (χ4n) is 2.48. The summed E-state index contributed by atoms with van der Waals surface area (Å²) in [4.78, 5) is 19.4. The van der Waals surface area contributed by atoms with Crippen LogP contribution in [0.15, 0.2) is 36.7 Å². The van der Waals surface area contributed by atoms with Gasteiger partial charge >= 0.3 is 12.4 Å². The molecule has 0 spiro atoms. The van der Waals surface area contributed by atoms with E-state index in [2.05, 4.69) is 35.6 Å². The maximum atomic E-state index is 13.1. The molecular weight excluding hydrogens is 452 g/mol. The van der Waals surface area contributed by atoms with Gasteiger partial charge in [-0.1, -0.05) is 26.8 Å². The Bertz CT molecular complexity index is 1120. The van der Waals surface area contributed by atoms with Gasteiger partial charge in [-0.25, -0.2) is 4.98 Å². The predicted octanol–water partition coefficient (Wildman–Crippen LogP) is 5.57. The monoisotopic (exact) mass is 471 g/mol. The summed E-state index contributed by atoms with van der Waals surface area (Å²) in [7, 11) is 0. The minimum atomic E-state index is -4.68. The lowest BCUT2D eigenvalue weighted by atomic mass is 9.97. The summed E-state index contributed by atoms with van der Waals surface area (Å²) in [6.07, 6.45) is -7.51. The highest BCUT2D eigenvalue weighted by Crippen LogP contribution is 2.31. The minimum absolute atomic E-state index is 0.0107. The van der Waals surface area contributed by atoms with Gasteiger partial charge in [-0.05, 0) is 23.6 Å². The first kappa shape index (κ1) is 24.1. The van der Waals surface area contributed by atoms with Crippen LogP contribution in [0.5, 0.6) is 0 Å². The first-order valence-electron chi connectivity index (χ1n) is 9.54. The molecule has 0 saturated carbocycles. The summed E-state index contributed by atoms with van der Waals surface area (Å²) >= 11 is 0. The van der Waals surface area contributed by atoms with Crippen molar-refractivity contribution >= 4 is 17.6 Å². The van der Waals surface area contributed by atoms with E-state index >= 15 is 0 Å². The molecule has 176 valence electrons. The van der Waals surface area contributed by atoms with Crippen LogP contribution < -0.4 is 10.6 Å². The molecule has 3 aromatic heterocycles. The molecule has 0 aliphatic heterocycles. The molecule has 7 nitrogen and oxygen atoms in total. The van der Waals surface area contributed by atoms with Gasteiger partial charge in [0.25, 0.3) is 0 Å². The van der Waals surface area contributed by atoms with Gasteiger partial charge in [-0.3, -0.25) is 4.98 Å². The number of anilines is 3. The molecule has 0 radical (unpaired) electrons. The van der Waals surface area contributed by atoms with Gasteiger partial charge in [0.2, 0.25) is 11.9 Å². The van der Waals surface area contributed by atoms with Crippen molar-refractivity contribution in [3.8, 4) is 11.5 Å². The first-order chi connectivity index (χ1) is 15.2. The third-order valence-corrected chi connectivity index (χ3v) is 4.00. The summed E-state index contributed by atoms with van der Waals surface area (Å²) in [6, 6.07) is 4.05. The molecule has 0 aliphatic rings. The van der Waals surface area contributed by atoms with Crippen molar-refractivity contribution in [2.45, 2.75) is 33.1 Å². The minimum Gasteiger partial charge on any atom is -0.354 e. The number of nitrogens with one attached hydrogen (secondary N) is 2. The quantitative estimate of drug-likeness (QED) is 0.471. The molecule has 0 atom stereocenters. The van der Waals surface area contributed by atoms with E-state index in [0.717, 1.165) is 24.4 Å². The summed E-state index contributed by atoms with van der Waals surface area (Å²) in [5.41, 5.74) is -2.58. The van der Waals surface area contributed by atoms with E-state index in [4.69, 9.17) is 0 Å². The second kappa shape index (κ2) is 8.79. The Labute approximate surface area is 184 Å². The van der Waals surface area contributed by atoms with E-state index in [0.29, 0.717) is 12.7 Å². The van der Waals surface area contributed by atoms with E-state index in [1.807, 2.05) is 20.8 Å². The lowest BCUT2D eigenvalue weighted by Crippen LogP contribution is -2.21. The van der Waals surface area contributed by atoms with Gasteiger partial charge in [0.05, 0.1) is 17.4 Å². The van der Waals surface area contributed by atoms with Crippen LogP contribution in [0.1, 0.15) is 32.0 Å². The second-order valence-electron chi connectivity index (χ2n) is 8.21. The molecule has 2 N–H and O–H groups in total. The molecule has 3 rings (SSSR count). The van der Waals surface area contributed by atoms with Crippen LogP contribution in [-0.2, 0) is 12.4 Å². The zero-order valence-corrected chi connectivity index (χ0v) is 17.7. The number of aromatic nitrogens is 5. The highest BCUT2D eigenvalue weighted by Gasteiger charge is 2.33. The van der Waals surface area contributed by atoms with Crippen LogP contribution >= 0.6 is 0 Å². The van der Waals surface area contributed by atoms with Gasteiger partial charge in [0, 0.05) is 12.7 Å². The van der Waals surface area contributed by atoms with Crippen LogP contribution in [0.2, 0.25) is 0 Å². The summed E-state index contributed by atoms with van der Waals surface area (Å²) in [5.74, 6) is -0.386. The third kappa shape index (κ3) is 6.73. The van der Waals surface area contributed by atoms with Crippen LogP contribution in [0.4, 0.5) is 43.9 Å². The van der Waals surface area contributed by atoms with Crippen LogP contribution in [-0.4, -0.2) is 31.5 Å². The van der Waals surface area contributed by atoms with Gasteiger partial charge < -0.3 is 10.6 Å². The summed E-state index contributed by atoms with van der Waals surface area (Å²) < 4.78 is 78.2. The van der Waals surface area contributed by atoms with Crippen molar-refractivity contribution in [3.05, 3.63) is 47.9 Å². The molecule has 3 heterocycles. The fourth-order valence-corrected chi connectivity index (χ4v) is 2.48. The highest BCUT2D eigenvalue weighted by atomic mass is 19.4. The Morgan fingerprint density at radius 1 is 0.818 bits per heavy atom. The van der Waals surface area contributed by atoms with E-state index in [1.54, 1.807) is 0 Å². The number of rotatable bonds is 5. The average Bonchev–Trinajstić information content (AvgIpc) is 2.71. The maximum Gasteiger partial charge on any atom is 0.433 e. The van der Waals surface area contributed by atoms with Crippen LogP contribution in [0.3, 0.4) is 0 Å². The molecule has 0 bridgehead atoms. The number of hydrogen-bond acceptors (Lipinski definition) is 7. The SMILES string of the molecule is CC(C)(C)CNc1nc(Nc2cncc(C(F)(F)F)c2)nc(-c2cccc(C(F)(F)F)n2)n1. The van der Waals surface area contributed by atoms with Gasteiger partial charge in [-0.2, -0.15) is 41.3 Å². The predicted molar refractivity (Wildman–Crippen MR) is 109 cm³/mol. The Morgan fingerprint density at radius 2 is 1.52 bits per heavy atom. The van der Waals surface area contributed by atoms with Crippen molar-refractivity contribution in [3.63, 3.8) is 0 Å². The third-order valence-electron chi connectivity index (χ3n) is 4.00. The van der Waals surface area contributed by atoms with Crippen LogP contribution in [0.25, 0.3) is 11.5 Å². The molecular formula is C20H19F6N7. The normalized spacial score (nSPS) is 12.5. The molecule has 0 aliphatic carbocycles. The van der Waals surface area contributed by atoms with Crippen molar-refractivity contribution in [2.75, 3.05) is 17.2 Å². The molecule has 0 unspecified atom stereocenters. The topological polar surface area (TPSA) is 88.5 Å². The molecule has 0 fully saturated rings. The number of halogens is 6. The van der Waals surface area contributed by atoms with Crippen molar-refractivity contribution in [2.24, 2.45) is 5.41 Å². The lowest BCUT2D eigenvalue weighted by molar-refractivity contribution is -0.141. The molecule has 0 amide bonds. The van der Waals surface area contributed by atoms with Crippen molar-refractivity contribution < 1.29 is 26.3 Å². The van der Waals surface area contributed by atoms with Gasteiger partial charge in [0.1, 0.15) is 11.4 Å². The molecule has 3 aromatic rings. The first-order valence-corrected chi connectivity index (χ1v) is 9.54. The maximum absolute atomic E-state index is 13.1. The zero-order chi connectivity index (χ0) is 24.4. The average molecular weight is 471 g/mol. The Kier molecular flexibility index (Phi) is 6.43. The standard InChI is InChI=1S/C20H19F6N7/c1-18(2,3)10-28-16-31-15(13-5-4-6-14(30-13)20(24,25)26)32-17(33-16)29-12-7-11(8-27-9-12)19(21,22)23/h4-9H,10H2,1-3H3,(H2,28,29,31,32,33). The number of alkyl halides is 6. The van der Waals surface area contributed by atoms with Crippen molar-refractivity contribution in [1.82, 2.24) is 24.9 Å². The number of pyridine rings is 2. The molecule has 33 heavy (non-hydrogen) atoms. The zero-order valence-electron chi connectivity index (χ0n) is 17.7. The molecule has 13 heteroatoms. The number of nitrogens with zero attached hydrogens (tertiary/aromatic N) is 5. The Morgan fingerprint density at radius 3 is 2.15 bits per heavy atom. The number of hydrogen-bond donors (Lipinski definition) is 2. The largest absolute Gasteiger partial charge is 0.433 e. The molecule has 0 aromatic carbocycles.